The summed E-state index contributed by atoms with van der Waals surface area (Å²) in [7, 11) is -5.47. The number of hydrogen-bond donors (Lipinski definition) is 1. The molecule has 2 rings (SSSR count). The number of nitrogens with one attached hydrogen (secondary N) is 1. The summed E-state index contributed by atoms with van der Waals surface area (Å²) in [6, 6.07) is 16.1. The van der Waals surface area contributed by atoms with Gasteiger partial charge in [0, 0.05) is 0 Å². The molecule has 1 unspecified atom stereocenters. The van der Waals surface area contributed by atoms with Gasteiger partial charge in [0.25, 0.3) is 10.0 Å². The largest absolute Gasteiger partial charge is 0.251 e. The van der Waals surface area contributed by atoms with Crippen LogP contribution in [0.5, 0.6) is 0 Å². The van der Waals surface area contributed by atoms with E-state index in [0.717, 1.165) is 16.7 Å². The summed E-state index contributed by atoms with van der Waals surface area (Å²) in [4.78, 5) is 0.111. The first-order valence-corrected chi connectivity index (χ1v) is 9.88. The van der Waals surface area contributed by atoms with Gasteiger partial charge >= 0.3 is 0 Å². The van der Waals surface area contributed by atoms with Gasteiger partial charge in [-0.1, -0.05) is 54.1 Å². The molecule has 0 radical (unpaired) electrons. The zero-order valence-corrected chi connectivity index (χ0v) is 14.7. The number of rotatable bonds is 6. The van der Waals surface area contributed by atoms with Crippen LogP contribution in [0.25, 0.3) is 5.57 Å². The Bertz CT molecular complexity index is 811. The molecular weight excluding hydrogens is 330 g/mol. The number of benzene rings is 2. The van der Waals surface area contributed by atoms with Gasteiger partial charge in [-0.15, -0.1) is 4.13 Å². The number of hydrogen-bond acceptors (Lipinski definition) is 3. The Morgan fingerprint density at radius 3 is 2.30 bits per heavy atom. The van der Waals surface area contributed by atoms with Crippen LogP contribution in [-0.4, -0.2) is 18.4 Å². The van der Waals surface area contributed by atoms with E-state index in [0.29, 0.717) is 0 Å². The van der Waals surface area contributed by atoms with Crippen molar-refractivity contribution < 1.29 is 12.6 Å². The number of sulfonamides is 1. The van der Waals surface area contributed by atoms with Gasteiger partial charge in [-0.2, -0.15) is 0 Å². The van der Waals surface area contributed by atoms with Gasteiger partial charge in [0.2, 0.25) is 0 Å². The lowest BCUT2D eigenvalue weighted by Crippen LogP contribution is -2.27. The standard InChI is InChI=1S/C17H19NO3S2/c1-14-8-10-17(11-9-14)23(20,21)18-22(19)13-12-15(2)16-6-4-3-5-7-16/h3-12,18H,13H2,1-2H3/b15-12+. The van der Waals surface area contributed by atoms with E-state index < -0.39 is 21.0 Å². The molecule has 122 valence electrons. The Labute approximate surface area is 139 Å². The molecule has 0 bridgehead atoms. The highest BCUT2D eigenvalue weighted by atomic mass is 32.3. The first kappa shape index (κ1) is 17.6. The molecule has 0 aliphatic carbocycles. The molecule has 2 aromatic carbocycles. The minimum atomic E-state index is -3.77. The zero-order valence-electron chi connectivity index (χ0n) is 13.0. The Hall–Kier alpha value is -1.76. The Morgan fingerprint density at radius 2 is 1.70 bits per heavy atom. The van der Waals surface area contributed by atoms with E-state index in [2.05, 4.69) is 4.13 Å². The van der Waals surface area contributed by atoms with Crippen molar-refractivity contribution in [1.29, 1.82) is 0 Å². The van der Waals surface area contributed by atoms with Crippen molar-refractivity contribution in [2.24, 2.45) is 0 Å². The van der Waals surface area contributed by atoms with Crippen LogP contribution in [0.4, 0.5) is 0 Å². The molecule has 0 aliphatic rings. The quantitative estimate of drug-likeness (QED) is 0.872. The molecule has 1 atom stereocenters. The molecule has 0 aromatic heterocycles. The van der Waals surface area contributed by atoms with Crippen LogP contribution in [0.3, 0.4) is 0 Å². The first-order chi connectivity index (χ1) is 10.9. The summed E-state index contributed by atoms with van der Waals surface area (Å²) < 4.78 is 38.5. The normalized spacial score (nSPS) is 13.7. The fraction of sp³-hybridized carbons (Fsp3) is 0.176. The Kier molecular flexibility index (Phi) is 5.87. The maximum Gasteiger partial charge on any atom is 0.251 e. The summed E-state index contributed by atoms with van der Waals surface area (Å²) in [6.45, 7) is 3.78. The second-order valence-electron chi connectivity index (χ2n) is 5.17. The van der Waals surface area contributed by atoms with Gasteiger partial charge in [0.05, 0.1) is 10.6 Å². The molecule has 0 heterocycles. The van der Waals surface area contributed by atoms with Crippen molar-refractivity contribution in [3.05, 3.63) is 71.8 Å². The Morgan fingerprint density at radius 1 is 1.09 bits per heavy atom. The van der Waals surface area contributed by atoms with E-state index in [1.54, 1.807) is 18.2 Å². The average molecular weight is 349 g/mol. The molecule has 6 heteroatoms. The van der Waals surface area contributed by atoms with Gasteiger partial charge in [-0.3, -0.25) is 0 Å². The lowest BCUT2D eigenvalue weighted by atomic mass is 10.1. The van der Waals surface area contributed by atoms with Crippen molar-refractivity contribution >= 4 is 26.6 Å². The lowest BCUT2D eigenvalue weighted by Gasteiger charge is -2.06. The van der Waals surface area contributed by atoms with Crippen LogP contribution in [0.15, 0.2) is 65.6 Å². The molecule has 0 amide bonds. The fourth-order valence-corrected chi connectivity index (χ4v) is 4.47. The van der Waals surface area contributed by atoms with Gasteiger partial charge in [-0.25, -0.2) is 12.6 Å². The van der Waals surface area contributed by atoms with Gasteiger partial charge < -0.3 is 0 Å². The molecule has 0 spiro atoms. The van der Waals surface area contributed by atoms with Gasteiger partial charge in [-0.05, 0) is 37.1 Å². The summed E-state index contributed by atoms with van der Waals surface area (Å²) >= 11 is 0. The van der Waals surface area contributed by atoms with E-state index in [1.165, 1.54) is 12.1 Å². The smallest absolute Gasteiger partial charge is 0.242 e. The van der Waals surface area contributed by atoms with Crippen LogP contribution in [0, 0.1) is 6.92 Å². The van der Waals surface area contributed by atoms with Crippen LogP contribution >= 0.6 is 0 Å². The lowest BCUT2D eigenvalue weighted by molar-refractivity contribution is 0.592. The first-order valence-electron chi connectivity index (χ1n) is 7.08. The molecule has 1 N–H and O–H groups in total. The number of aryl methyl sites for hydroxylation is 1. The SMILES string of the molecule is C/C(=C\CS(=O)NS(=O)(=O)c1ccc(C)cc1)c1ccccc1. The fourth-order valence-electron chi connectivity index (χ4n) is 1.94. The maximum atomic E-state index is 12.1. The van der Waals surface area contributed by atoms with Gasteiger partial charge in [0.1, 0.15) is 11.0 Å². The zero-order chi connectivity index (χ0) is 16.9. The molecule has 23 heavy (non-hydrogen) atoms. The van der Waals surface area contributed by atoms with Crippen LogP contribution in [-0.2, 0) is 21.0 Å². The molecule has 0 aliphatic heterocycles. The molecule has 4 nitrogen and oxygen atoms in total. The van der Waals surface area contributed by atoms with Crippen molar-refractivity contribution in [2.45, 2.75) is 18.7 Å². The Balaban J connectivity index is 2.03. The van der Waals surface area contributed by atoms with E-state index in [1.807, 2.05) is 44.2 Å². The molecule has 0 saturated carbocycles. The summed E-state index contributed by atoms with van der Waals surface area (Å²) in [5, 5.41) is 0. The predicted molar refractivity (Wildman–Crippen MR) is 94.6 cm³/mol. The van der Waals surface area contributed by atoms with Crippen LogP contribution in [0.2, 0.25) is 0 Å². The van der Waals surface area contributed by atoms with Crippen molar-refractivity contribution in [1.82, 2.24) is 4.13 Å². The van der Waals surface area contributed by atoms with E-state index in [9.17, 15) is 12.6 Å². The predicted octanol–water partition coefficient (Wildman–Crippen LogP) is 3.04. The van der Waals surface area contributed by atoms with Crippen LogP contribution < -0.4 is 4.13 Å². The van der Waals surface area contributed by atoms with Crippen molar-refractivity contribution in [3.8, 4) is 0 Å². The second kappa shape index (κ2) is 7.68. The third kappa shape index (κ3) is 5.13. The third-order valence-electron chi connectivity index (χ3n) is 3.30. The highest BCUT2D eigenvalue weighted by molar-refractivity contribution is 8.02. The molecule has 2 aromatic rings. The molecular formula is C17H19NO3S2. The highest BCUT2D eigenvalue weighted by Crippen LogP contribution is 2.13. The van der Waals surface area contributed by atoms with E-state index in [-0.39, 0.29) is 10.6 Å². The van der Waals surface area contributed by atoms with Crippen LogP contribution in [0.1, 0.15) is 18.1 Å². The van der Waals surface area contributed by atoms with Crippen molar-refractivity contribution in [3.63, 3.8) is 0 Å². The topological polar surface area (TPSA) is 63.2 Å². The molecule has 0 saturated heterocycles. The van der Waals surface area contributed by atoms with E-state index in [4.69, 9.17) is 0 Å². The van der Waals surface area contributed by atoms with Gasteiger partial charge in [0.15, 0.2) is 0 Å². The van der Waals surface area contributed by atoms with Crippen molar-refractivity contribution in [2.75, 3.05) is 5.75 Å². The minimum Gasteiger partial charge on any atom is -0.242 e. The summed E-state index contributed by atoms with van der Waals surface area (Å²) in [5.74, 6) is 0.117. The van der Waals surface area contributed by atoms with E-state index >= 15 is 0 Å². The monoisotopic (exact) mass is 349 g/mol. The number of allylic oxidation sites excluding steroid dienone is 1. The summed E-state index contributed by atoms with van der Waals surface area (Å²) in [5.41, 5.74) is 2.94. The second-order valence-corrected chi connectivity index (χ2v) is 8.33. The third-order valence-corrected chi connectivity index (χ3v) is 6.29. The minimum absolute atomic E-state index is 0.111. The molecule has 0 fully saturated rings. The summed E-state index contributed by atoms with van der Waals surface area (Å²) in [6.07, 6.45) is 1.77. The highest BCUT2D eigenvalue weighted by Gasteiger charge is 2.16. The average Bonchev–Trinajstić information content (AvgIpc) is 2.53. The maximum absolute atomic E-state index is 12.1.